The Kier molecular flexibility index (Phi) is 11.1. The monoisotopic (exact) mass is 382 g/mol. The van der Waals surface area contributed by atoms with Crippen LogP contribution in [0.3, 0.4) is 0 Å². The van der Waals surface area contributed by atoms with Gasteiger partial charge in [0.15, 0.2) is 0 Å². The molecule has 0 saturated heterocycles. The second-order valence-corrected chi connectivity index (χ2v) is 8.31. The largest absolute Gasteiger partial charge is 0.371 e. The first-order valence-corrected chi connectivity index (χ1v) is 11.1. The number of rotatable bonds is 13. The third-order valence-corrected chi connectivity index (χ3v) is 5.64. The van der Waals surface area contributed by atoms with E-state index in [2.05, 4.69) is 49.9 Å². The molecule has 0 aliphatic heterocycles. The summed E-state index contributed by atoms with van der Waals surface area (Å²) in [6.45, 7) is 14.4. The van der Waals surface area contributed by atoms with Gasteiger partial charge in [0, 0.05) is 43.1 Å². The molecular formula is C21H38N2O2S. The Labute approximate surface area is 164 Å². The van der Waals surface area contributed by atoms with Crippen molar-refractivity contribution in [3.05, 3.63) is 16.1 Å². The highest BCUT2D eigenvalue weighted by Gasteiger charge is 2.30. The number of hydrogen-bond donors (Lipinski definition) is 0. The Morgan fingerprint density at radius 3 is 2.46 bits per heavy atom. The van der Waals surface area contributed by atoms with Gasteiger partial charge in [-0.2, -0.15) is 0 Å². The van der Waals surface area contributed by atoms with Crippen LogP contribution < -0.4 is 0 Å². The van der Waals surface area contributed by atoms with Gasteiger partial charge in [-0.1, -0.05) is 41.0 Å². The topological polar surface area (TPSA) is 42.4 Å². The van der Waals surface area contributed by atoms with Gasteiger partial charge in [0.05, 0.1) is 0 Å². The van der Waals surface area contributed by atoms with Crippen LogP contribution in [0, 0.1) is 12.8 Å². The molecular weight excluding hydrogens is 344 g/mol. The zero-order valence-electron chi connectivity index (χ0n) is 17.6. The minimum absolute atomic E-state index is 0.0284. The summed E-state index contributed by atoms with van der Waals surface area (Å²) in [7, 11) is 0. The lowest BCUT2D eigenvalue weighted by Crippen LogP contribution is -2.44. The van der Waals surface area contributed by atoms with Crippen molar-refractivity contribution in [2.75, 3.05) is 13.2 Å². The van der Waals surface area contributed by atoms with Crippen LogP contribution in [-0.2, 0) is 9.53 Å². The number of carbonyl (C=O) groups is 1. The Balaban J connectivity index is 2.99. The predicted octanol–water partition coefficient (Wildman–Crippen LogP) is 5.76. The van der Waals surface area contributed by atoms with Crippen molar-refractivity contribution in [2.45, 2.75) is 92.2 Å². The molecule has 26 heavy (non-hydrogen) atoms. The van der Waals surface area contributed by atoms with E-state index in [1.165, 1.54) is 0 Å². The van der Waals surface area contributed by atoms with Crippen molar-refractivity contribution in [3.8, 4) is 0 Å². The van der Waals surface area contributed by atoms with Gasteiger partial charge in [-0.3, -0.25) is 4.79 Å². The summed E-state index contributed by atoms with van der Waals surface area (Å²) in [6, 6.07) is 0.186. The minimum atomic E-state index is -0.0284. The number of aryl methyl sites for hydroxylation is 1. The fourth-order valence-corrected chi connectivity index (χ4v) is 4.04. The maximum Gasteiger partial charge on any atom is 0.222 e. The van der Waals surface area contributed by atoms with E-state index in [4.69, 9.17) is 4.74 Å². The molecule has 0 aliphatic carbocycles. The zero-order valence-corrected chi connectivity index (χ0v) is 18.4. The maximum absolute atomic E-state index is 12.8. The predicted molar refractivity (Wildman–Crippen MR) is 111 cm³/mol. The molecule has 150 valence electrons. The highest BCUT2D eigenvalue weighted by atomic mass is 32.1. The van der Waals surface area contributed by atoms with E-state index in [1.807, 2.05) is 6.92 Å². The van der Waals surface area contributed by atoms with Crippen LogP contribution in [0.5, 0.6) is 0 Å². The summed E-state index contributed by atoms with van der Waals surface area (Å²) >= 11 is 1.67. The standard InChI is InChI=1S/C21H38N2O2S/c1-7-10-11-20(24)23(12-8-2)18(16(4)5)14-19(25-13-9-3)21-22-17(6)15-26-21/h15-16,18-19H,7-14H2,1-6H3. The van der Waals surface area contributed by atoms with Crippen LogP contribution in [0.2, 0.25) is 0 Å². The second kappa shape index (κ2) is 12.4. The molecule has 1 rings (SSSR count). The number of thiazole rings is 1. The number of amides is 1. The lowest BCUT2D eigenvalue weighted by molar-refractivity contribution is -0.135. The average Bonchev–Trinajstić information content (AvgIpc) is 3.04. The van der Waals surface area contributed by atoms with E-state index in [1.54, 1.807) is 11.3 Å². The molecule has 0 spiro atoms. The third kappa shape index (κ3) is 7.36. The lowest BCUT2D eigenvalue weighted by atomic mass is 9.95. The quantitative estimate of drug-likeness (QED) is 0.435. The first kappa shape index (κ1) is 23.1. The molecule has 0 radical (unpaired) electrons. The van der Waals surface area contributed by atoms with E-state index in [0.717, 1.165) is 56.0 Å². The van der Waals surface area contributed by atoms with Gasteiger partial charge in [-0.05, 0) is 32.1 Å². The van der Waals surface area contributed by atoms with Crippen LogP contribution in [0.25, 0.3) is 0 Å². The fraction of sp³-hybridized carbons (Fsp3) is 0.810. The van der Waals surface area contributed by atoms with Gasteiger partial charge in [-0.25, -0.2) is 4.98 Å². The summed E-state index contributed by atoms with van der Waals surface area (Å²) in [5.41, 5.74) is 1.04. The van der Waals surface area contributed by atoms with E-state index in [-0.39, 0.29) is 18.1 Å². The summed E-state index contributed by atoms with van der Waals surface area (Å²) in [4.78, 5) is 19.6. The van der Waals surface area contributed by atoms with Crippen molar-refractivity contribution in [3.63, 3.8) is 0 Å². The van der Waals surface area contributed by atoms with Crippen molar-refractivity contribution < 1.29 is 9.53 Å². The zero-order chi connectivity index (χ0) is 19.5. The molecule has 0 fully saturated rings. The van der Waals surface area contributed by atoms with Crippen LogP contribution in [0.15, 0.2) is 5.38 Å². The number of unbranched alkanes of at least 4 members (excludes halogenated alkanes) is 1. The summed E-state index contributed by atoms with van der Waals surface area (Å²) in [5.74, 6) is 0.679. The van der Waals surface area contributed by atoms with Crippen molar-refractivity contribution in [2.24, 2.45) is 5.92 Å². The molecule has 4 nitrogen and oxygen atoms in total. The van der Waals surface area contributed by atoms with Crippen molar-refractivity contribution >= 4 is 17.2 Å². The molecule has 1 amide bonds. The first-order chi connectivity index (χ1) is 12.4. The van der Waals surface area contributed by atoms with Crippen molar-refractivity contribution in [1.82, 2.24) is 9.88 Å². The number of nitrogens with zero attached hydrogens (tertiary/aromatic N) is 2. The molecule has 1 aromatic heterocycles. The number of ether oxygens (including phenoxy) is 1. The molecule has 0 saturated carbocycles. The van der Waals surface area contributed by atoms with Crippen LogP contribution >= 0.6 is 11.3 Å². The molecule has 0 N–H and O–H groups in total. The van der Waals surface area contributed by atoms with Crippen LogP contribution in [0.4, 0.5) is 0 Å². The van der Waals surface area contributed by atoms with Gasteiger partial charge >= 0.3 is 0 Å². The van der Waals surface area contributed by atoms with Crippen molar-refractivity contribution in [1.29, 1.82) is 0 Å². The Hall–Kier alpha value is -0.940. The minimum Gasteiger partial charge on any atom is -0.371 e. The summed E-state index contributed by atoms with van der Waals surface area (Å²) < 4.78 is 6.17. The molecule has 0 aliphatic rings. The smallest absolute Gasteiger partial charge is 0.222 e. The molecule has 1 aromatic rings. The van der Waals surface area contributed by atoms with E-state index < -0.39 is 0 Å². The van der Waals surface area contributed by atoms with E-state index in [9.17, 15) is 4.79 Å². The SMILES string of the molecule is CCCCC(=O)N(CCC)C(CC(OCCC)c1nc(C)cs1)C(C)C. The Morgan fingerprint density at radius 1 is 1.23 bits per heavy atom. The first-order valence-electron chi connectivity index (χ1n) is 10.3. The highest BCUT2D eigenvalue weighted by molar-refractivity contribution is 7.09. The summed E-state index contributed by atoms with van der Waals surface area (Å²) in [5, 5.41) is 3.12. The van der Waals surface area contributed by atoms with Gasteiger partial charge in [0.2, 0.25) is 5.91 Å². The van der Waals surface area contributed by atoms with Crippen LogP contribution in [-0.4, -0.2) is 35.0 Å². The Morgan fingerprint density at radius 2 is 1.96 bits per heavy atom. The van der Waals surface area contributed by atoms with Gasteiger partial charge in [0.25, 0.3) is 0 Å². The normalized spacial score (nSPS) is 13.8. The number of hydrogen-bond acceptors (Lipinski definition) is 4. The van der Waals surface area contributed by atoms with Crippen LogP contribution in [0.1, 0.15) is 89.9 Å². The maximum atomic E-state index is 12.8. The number of carbonyl (C=O) groups excluding carboxylic acids is 1. The van der Waals surface area contributed by atoms with Gasteiger partial charge in [0.1, 0.15) is 11.1 Å². The van der Waals surface area contributed by atoms with E-state index >= 15 is 0 Å². The molecule has 1 heterocycles. The summed E-state index contributed by atoms with van der Waals surface area (Å²) in [6.07, 6.45) is 5.43. The molecule has 0 aromatic carbocycles. The Bertz CT molecular complexity index is 516. The lowest BCUT2D eigenvalue weighted by Gasteiger charge is -2.36. The third-order valence-electron chi connectivity index (χ3n) is 4.59. The van der Waals surface area contributed by atoms with Gasteiger partial charge in [-0.15, -0.1) is 11.3 Å². The second-order valence-electron chi connectivity index (χ2n) is 7.42. The van der Waals surface area contributed by atoms with E-state index in [0.29, 0.717) is 12.3 Å². The molecule has 0 bridgehead atoms. The average molecular weight is 383 g/mol. The highest BCUT2D eigenvalue weighted by Crippen LogP contribution is 2.31. The fourth-order valence-electron chi connectivity index (χ4n) is 3.19. The van der Waals surface area contributed by atoms with Gasteiger partial charge < -0.3 is 9.64 Å². The number of aromatic nitrogens is 1. The molecule has 2 unspecified atom stereocenters. The molecule has 2 atom stereocenters. The molecule has 5 heteroatoms.